The summed E-state index contributed by atoms with van der Waals surface area (Å²) in [5, 5.41) is 0. The van der Waals surface area contributed by atoms with E-state index < -0.39 is 6.10 Å². The van der Waals surface area contributed by atoms with Gasteiger partial charge in [0.25, 0.3) is 0 Å². The predicted molar refractivity (Wildman–Crippen MR) is 215 cm³/mol. The van der Waals surface area contributed by atoms with Gasteiger partial charge in [0.05, 0.1) is 0 Å². The molecule has 0 heterocycles. The Bertz CT molecular complexity index is 766. The number of unbranched alkanes of at least 4 members (excludes halogenated alkanes) is 27. The highest BCUT2D eigenvalue weighted by atomic mass is 16.6. The summed E-state index contributed by atoms with van der Waals surface area (Å²) in [4.78, 5) is 37.4. The molecule has 6 nitrogen and oxygen atoms in total. The summed E-state index contributed by atoms with van der Waals surface area (Å²) in [5.74, 6) is -0.0612. The summed E-state index contributed by atoms with van der Waals surface area (Å²) in [6.45, 7) is 8.90. The maximum Gasteiger partial charge on any atom is 0.306 e. The minimum absolute atomic E-state index is 0.0654. The molecule has 0 bridgehead atoms. The van der Waals surface area contributed by atoms with Crippen LogP contribution in [0.2, 0.25) is 0 Å². The van der Waals surface area contributed by atoms with Crippen LogP contribution in [0.1, 0.15) is 246 Å². The maximum atomic E-state index is 12.7. The van der Waals surface area contributed by atoms with Gasteiger partial charge in [-0.3, -0.25) is 14.4 Å². The summed E-state index contributed by atoms with van der Waals surface area (Å²) >= 11 is 0. The first kappa shape index (κ1) is 49.4. The van der Waals surface area contributed by atoms with Crippen molar-refractivity contribution in [2.24, 2.45) is 5.92 Å². The van der Waals surface area contributed by atoms with Gasteiger partial charge in [-0.25, -0.2) is 0 Å². The van der Waals surface area contributed by atoms with Crippen LogP contribution in [0.3, 0.4) is 0 Å². The largest absolute Gasteiger partial charge is 0.462 e. The molecule has 1 atom stereocenters. The first-order valence-electron chi connectivity index (χ1n) is 22.4. The van der Waals surface area contributed by atoms with E-state index in [2.05, 4.69) is 27.7 Å². The lowest BCUT2D eigenvalue weighted by atomic mass is 10.0. The number of carbonyl (C=O) groups excluding carboxylic acids is 3. The average Bonchev–Trinajstić information content (AvgIpc) is 3.11. The molecular weight excluding hydrogens is 636 g/mol. The normalized spacial score (nSPS) is 11.9. The summed E-state index contributed by atoms with van der Waals surface area (Å²) < 4.78 is 16.6. The van der Waals surface area contributed by atoms with Crippen molar-refractivity contribution < 1.29 is 28.6 Å². The molecule has 0 aliphatic rings. The van der Waals surface area contributed by atoms with Crippen LogP contribution in [0.25, 0.3) is 0 Å². The van der Waals surface area contributed by atoms with Gasteiger partial charge < -0.3 is 14.2 Å². The highest BCUT2D eigenvalue weighted by Crippen LogP contribution is 2.16. The number of ether oxygens (including phenoxy) is 3. The molecule has 0 N–H and O–H groups in total. The Balaban J connectivity index is 4.18. The first-order chi connectivity index (χ1) is 24.9. The minimum atomic E-state index is -0.757. The molecule has 0 aliphatic carbocycles. The lowest BCUT2D eigenvalue weighted by Crippen LogP contribution is -2.30. The lowest BCUT2D eigenvalue weighted by molar-refractivity contribution is -0.167. The van der Waals surface area contributed by atoms with E-state index in [4.69, 9.17) is 14.2 Å². The topological polar surface area (TPSA) is 78.9 Å². The van der Waals surface area contributed by atoms with Crippen molar-refractivity contribution in [1.29, 1.82) is 0 Å². The molecule has 0 rings (SSSR count). The van der Waals surface area contributed by atoms with E-state index >= 15 is 0 Å². The van der Waals surface area contributed by atoms with Gasteiger partial charge in [-0.05, 0) is 25.2 Å². The summed E-state index contributed by atoms with van der Waals surface area (Å²) in [6, 6.07) is 0. The smallest absolute Gasteiger partial charge is 0.306 e. The molecule has 0 saturated carbocycles. The molecule has 302 valence electrons. The minimum Gasteiger partial charge on any atom is -0.462 e. The van der Waals surface area contributed by atoms with E-state index in [1.165, 1.54) is 135 Å². The van der Waals surface area contributed by atoms with Crippen molar-refractivity contribution in [3.8, 4) is 0 Å². The van der Waals surface area contributed by atoms with Gasteiger partial charge >= 0.3 is 17.9 Å². The fourth-order valence-corrected chi connectivity index (χ4v) is 6.63. The Morgan fingerprint density at radius 1 is 0.373 bits per heavy atom. The molecule has 51 heavy (non-hydrogen) atoms. The molecular formula is C45H86O6. The van der Waals surface area contributed by atoms with Crippen LogP contribution in [0.15, 0.2) is 0 Å². The van der Waals surface area contributed by atoms with E-state index in [0.29, 0.717) is 19.3 Å². The summed E-state index contributed by atoms with van der Waals surface area (Å²) in [7, 11) is 0. The van der Waals surface area contributed by atoms with E-state index in [0.717, 1.165) is 70.1 Å². The first-order valence-corrected chi connectivity index (χ1v) is 22.4. The zero-order valence-corrected chi connectivity index (χ0v) is 34.6. The highest BCUT2D eigenvalue weighted by Gasteiger charge is 2.19. The molecule has 0 fully saturated rings. The van der Waals surface area contributed by atoms with E-state index in [1.54, 1.807) is 0 Å². The van der Waals surface area contributed by atoms with Crippen LogP contribution in [-0.4, -0.2) is 37.2 Å². The van der Waals surface area contributed by atoms with Crippen LogP contribution >= 0.6 is 0 Å². The molecule has 0 amide bonds. The molecule has 0 aliphatic heterocycles. The number of carbonyl (C=O) groups is 3. The predicted octanol–water partition coefficient (Wildman–Crippen LogP) is 13.9. The molecule has 0 aromatic carbocycles. The number of rotatable bonds is 40. The van der Waals surface area contributed by atoms with Crippen LogP contribution in [0.4, 0.5) is 0 Å². The maximum absolute atomic E-state index is 12.7. The fourth-order valence-electron chi connectivity index (χ4n) is 6.63. The lowest BCUT2D eigenvalue weighted by Gasteiger charge is -2.18. The van der Waals surface area contributed by atoms with Crippen molar-refractivity contribution in [1.82, 2.24) is 0 Å². The summed E-state index contributed by atoms with van der Waals surface area (Å²) in [5.41, 5.74) is 0. The molecule has 6 heteroatoms. The van der Waals surface area contributed by atoms with Crippen molar-refractivity contribution in [2.75, 3.05) is 13.2 Å². The Morgan fingerprint density at radius 2 is 0.647 bits per heavy atom. The number of esters is 3. The fraction of sp³-hybridized carbons (Fsp3) is 0.933. The molecule has 0 radical (unpaired) electrons. The highest BCUT2D eigenvalue weighted by molar-refractivity contribution is 5.71. The third-order valence-electron chi connectivity index (χ3n) is 10.0. The van der Waals surface area contributed by atoms with Crippen molar-refractivity contribution in [3.05, 3.63) is 0 Å². The van der Waals surface area contributed by atoms with Gasteiger partial charge in [-0.1, -0.05) is 207 Å². The van der Waals surface area contributed by atoms with Crippen molar-refractivity contribution in [3.63, 3.8) is 0 Å². The SMILES string of the molecule is CCCCCCCCCCCCCCCCCCC(=O)O[C@H](COC(=O)CCCCCCC)COC(=O)CCCCCCCCCCCC(C)C. The molecule has 0 aromatic rings. The van der Waals surface area contributed by atoms with Crippen LogP contribution < -0.4 is 0 Å². The second kappa shape index (κ2) is 39.6. The van der Waals surface area contributed by atoms with Crippen LogP contribution in [0, 0.1) is 5.92 Å². The van der Waals surface area contributed by atoms with Gasteiger partial charge in [0.15, 0.2) is 6.10 Å². The van der Waals surface area contributed by atoms with Gasteiger partial charge in [0, 0.05) is 19.3 Å². The third kappa shape index (κ3) is 39.5. The Hall–Kier alpha value is -1.59. The third-order valence-corrected chi connectivity index (χ3v) is 10.0. The second-order valence-electron chi connectivity index (χ2n) is 15.8. The van der Waals surface area contributed by atoms with Gasteiger partial charge in [0.1, 0.15) is 13.2 Å². The Morgan fingerprint density at radius 3 is 0.961 bits per heavy atom. The second-order valence-corrected chi connectivity index (χ2v) is 15.8. The zero-order chi connectivity index (χ0) is 37.5. The van der Waals surface area contributed by atoms with Gasteiger partial charge in [0.2, 0.25) is 0 Å². The number of hydrogen-bond donors (Lipinski definition) is 0. The number of hydrogen-bond acceptors (Lipinski definition) is 6. The average molecular weight is 723 g/mol. The van der Waals surface area contributed by atoms with Crippen molar-refractivity contribution in [2.45, 2.75) is 252 Å². The van der Waals surface area contributed by atoms with E-state index in [9.17, 15) is 14.4 Å². The van der Waals surface area contributed by atoms with Crippen molar-refractivity contribution >= 4 is 17.9 Å². The Labute approximate surface area is 317 Å². The summed E-state index contributed by atoms with van der Waals surface area (Å²) in [6.07, 6.45) is 38.3. The molecule has 0 unspecified atom stereocenters. The monoisotopic (exact) mass is 723 g/mol. The molecule has 0 spiro atoms. The van der Waals surface area contributed by atoms with Gasteiger partial charge in [-0.15, -0.1) is 0 Å². The molecule has 0 aromatic heterocycles. The van der Waals surface area contributed by atoms with Crippen LogP contribution in [-0.2, 0) is 28.6 Å². The Kier molecular flexibility index (Phi) is 38.4. The van der Waals surface area contributed by atoms with Crippen LogP contribution in [0.5, 0.6) is 0 Å². The standard InChI is InChI=1S/C45H86O6/c1-5-7-9-11-12-13-14-15-16-17-18-19-22-26-30-34-38-45(48)51-42(39-49-43(46)36-32-27-10-8-6-2)40-50-44(47)37-33-29-25-23-20-21-24-28-31-35-41(3)4/h41-42H,5-40H2,1-4H3/t42-/m1/s1. The molecule has 0 saturated heterocycles. The quantitative estimate of drug-likeness (QED) is 0.0356. The van der Waals surface area contributed by atoms with E-state index in [-0.39, 0.29) is 31.1 Å². The van der Waals surface area contributed by atoms with E-state index in [1.807, 2.05) is 0 Å². The zero-order valence-electron chi connectivity index (χ0n) is 34.6. The van der Waals surface area contributed by atoms with Gasteiger partial charge in [-0.2, -0.15) is 0 Å².